The summed E-state index contributed by atoms with van der Waals surface area (Å²) in [6.07, 6.45) is 0.0137. The van der Waals surface area contributed by atoms with E-state index in [1.807, 2.05) is 0 Å². The van der Waals surface area contributed by atoms with Crippen molar-refractivity contribution in [3.8, 4) is 5.75 Å². The summed E-state index contributed by atoms with van der Waals surface area (Å²) < 4.78 is 75.8. The molecule has 2 atom stereocenters. The van der Waals surface area contributed by atoms with Crippen LogP contribution in [0.5, 0.6) is 5.75 Å². The van der Waals surface area contributed by atoms with Crippen LogP contribution >= 0.6 is 0 Å². The van der Waals surface area contributed by atoms with Crippen molar-refractivity contribution in [1.29, 1.82) is 0 Å². The van der Waals surface area contributed by atoms with Crippen molar-refractivity contribution in [1.82, 2.24) is 4.90 Å². The number of piperidine rings is 2. The molecule has 2 aliphatic heterocycles. The van der Waals surface area contributed by atoms with Gasteiger partial charge in [0.15, 0.2) is 0 Å². The zero-order valence-corrected chi connectivity index (χ0v) is 21.4. The van der Waals surface area contributed by atoms with Crippen molar-refractivity contribution in [2.75, 3.05) is 0 Å². The Labute approximate surface area is 219 Å². The van der Waals surface area contributed by atoms with Gasteiger partial charge in [-0.15, -0.1) is 0 Å². The molecule has 2 saturated heterocycles. The molecule has 0 aromatic heterocycles. The lowest BCUT2D eigenvalue weighted by Crippen LogP contribution is -2.52. The van der Waals surface area contributed by atoms with E-state index < -0.39 is 35.7 Å². The van der Waals surface area contributed by atoms with Crippen molar-refractivity contribution in [2.45, 2.75) is 102 Å². The maximum Gasteiger partial charge on any atom is 0.420 e. The molecule has 0 spiro atoms. The second-order valence-electron chi connectivity index (χ2n) is 11.5. The topological polar surface area (TPSA) is 49.8 Å². The van der Waals surface area contributed by atoms with Crippen LogP contribution in [0.1, 0.15) is 75.8 Å². The Balaban J connectivity index is 1.36. The van der Waals surface area contributed by atoms with Gasteiger partial charge in [0.05, 0.1) is 12.0 Å². The molecule has 2 aromatic carbocycles. The number of ether oxygens (including phenoxy) is 1. The Kier molecular flexibility index (Phi) is 7.35. The SMILES string of the molecule is CC(F)(F)[C@H]1CC[C@@H](Oc2ccc3cc(CN4C5CCCC4CC(C(=O)O)C5)ccc3c2C(F)(F)F)CC1. The number of rotatable bonds is 6. The Morgan fingerprint density at radius 2 is 1.63 bits per heavy atom. The minimum Gasteiger partial charge on any atom is -0.490 e. The van der Waals surface area contributed by atoms with Crippen LogP contribution in [0.2, 0.25) is 0 Å². The second kappa shape index (κ2) is 10.3. The van der Waals surface area contributed by atoms with E-state index in [9.17, 15) is 31.9 Å². The van der Waals surface area contributed by atoms with Crippen LogP contribution in [-0.2, 0) is 17.5 Å². The summed E-state index contributed by atoms with van der Waals surface area (Å²) in [7, 11) is 0. The first kappa shape index (κ1) is 27.2. The Hall–Kier alpha value is -2.42. The molecule has 38 heavy (non-hydrogen) atoms. The molecule has 1 N–H and O–H groups in total. The molecule has 208 valence electrons. The smallest absolute Gasteiger partial charge is 0.420 e. The van der Waals surface area contributed by atoms with Gasteiger partial charge in [0.1, 0.15) is 11.3 Å². The van der Waals surface area contributed by atoms with E-state index in [4.69, 9.17) is 4.74 Å². The normalized spacial score (nSPS) is 28.8. The molecule has 1 aliphatic carbocycles. The van der Waals surface area contributed by atoms with Crippen LogP contribution in [0.3, 0.4) is 0 Å². The summed E-state index contributed by atoms with van der Waals surface area (Å²) in [5, 5.41) is 10.0. The molecule has 0 amide bonds. The number of nitrogens with zero attached hydrogens (tertiary/aromatic N) is 1. The van der Waals surface area contributed by atoms with Gasteiger partial charge in [-0.1, -0.05) is 24.6 Å². The predicted octanol–water partition coefficient (Wildman–Crippen LogP) is 7.67. The molecule has 2 heterocycles. The Morgan fingerprint density at radius 1 is 0.974 bits per heavy atom. The third kappa shape index (κ3) is 5.63. The van der Waals surface area contributed by atoms with Crippen LogP contribution in [0.4, 0.5) is 22.0 Å². The minimum atomic E-state index is -4.64. The molecule has 2 bridgehead atoms. The number of benzene rings is 2. The van der Waals surface area contributed by atoms with Crippen molar-refractivity contribution in [2.24, 2.45) is 11.8 Å². The van der Waals surface area contributed by atoms with Crippen molar-refractivity contribution >= 4 is 16.7 Å². The molecule has 2 aromatic rings. The fourth-order valence-corrected chi connectivity index (χ4v) is 6.86. The number of alkyl halides is 5. The molecule has 3 aliphatic rings. The third-order valence-electron chi connectivity index (χ3n) is 8.85. The first-order valence-electron chi connectivity index (χ1n) is 13.6. The predicted molar refractivity (Wildman–Crippen MR) is 133 cm³/mol. The molecule has 5 rings (SSSR count). The summed E-state index contributed by atoms with van der Waals surface area (Å²) in [6.45, 7) is 1.46. The molecule has 2 unspecified atom stereocenters. The van der Waals surface area contributed by atoms with Gasteiger partial charge in [-0.2, -0.15) is 13.2 Å². The van der Waals surface area contributed by atoms with Gasteiger partial charge in [0, 0.05) is 24.5 Å². The number of aliphatic carboxylic acids is 1. The lowest BCUT2D eigenvalue weighted by molar-refractivity contribution is -0.146. The number of carboxylic acid groups (broad SMARTS) is 1. The van der Waals surface area contributed by atoms with Gasteiger partial charge in [0.25, 0.3) is 0 Å². The lowest BCUT2D eigenvalue weighted by atomic mass is 9.78. The summed E-state index contributed by atoms with van der Waals surface area (Å²) in [6, 6.07) is 8.31. The van der Waals surface area contributed by atoms with E-state index in [1.54, 1.807) is 18.2 Å². The Bertz CT molecular complexity index is 1160. The van der Waals surface area contributed by atoms with Crippen LogP contribution in [0.25, 0.3) is 10.8 Å². The molecular formula is C29H34F5NO3. The third-order valence-corrected chi connectivity index (χ3v) is 8.85. The molecule has 0 radical (unpaired) electrons. The first-order chi connectivity index (χ1) is 17.9. The summed E-state index contributed by atoms with van der Waals surface area (Å²) in [5.41, 5.74) is 0.0624. The van der Waals surface area contributed by atoms with E-state index in [-0.39, 0.29) is 42.0 Å². The largest absolute Gasteiger partial charge is 0.490 e. The van der Waals surface area contributed by atoms with Gasteiger partial charge in [0.2, 0.25) is 5.92 Å². The number of hydrogen-bond donors (Lipinski definition) is 1. The first-order valence-corrected chi connectivity index (χ1v) is 13.6. The highest BCUT2D eigenvalue weighted by molar-refractivity contribution is 5.89. The fraction of sp³-hybridized carbons (Fsp3) is 0.621. The highest BCUT2D eigenvalue weighted by Crippen LogP contribution is 2.44. The quantitative estimate of drug-likeness (QED) is 0.383. The van der Waals surface area contributed by atoms with E-state index in [2.05, 4.69) is 4.90 Å². The average molecular weight is 540 g/mol. The van der Waals surface area contributed by atoms with Crippen LogP contribution in [0.15, 0.2) is 30.3 Å². The van der Waals surface area contributed by atoms with E-state index in [0.717, 1.165) is 31.7 Å². The van der Waals surface area contributed by atoms with Crippen molar-refractivity contribution in [3.63, 3.8) is 0 Å². The Morgan fingerprint density at radius 3 is 2.21 bits per heavy atom. The van der Waals surface area contributed by atoms with Gasteiger partial charge < -0.3 is 9.84 Å². The summed E-state index contributed by atoms with van der Waals surface area (Å²) >= 11 is 0. The summed E-state index contributed by atoms with van der Waals surface area (Å²) in [4.78, 5) is 13.9. The lowest BCUT2D eigenvalue weighted by Gasteiger charge is -2.48. The van der Waals surface area contributed by atoms with E-state index in [1.165, 1.54) is 12.1 Å². The number of hydrogen-bond acceptors (Lipinski definition) is 3. The van der Waals surface area contributed by atoms with Crippen molar-refractivity contribution in [3.05, 3.63) is 41.5 Å². The number of carbonyl (C=O) groups is 1. The van der Waals surface area contributed by atoms with Crippen LogP contribution in [-0.4, -0.2) is 40.1 Å². The van der Waals surface area contributed by atoms with Gasteiger partial charge in [-0.25, -0.2) is 8.78 Å². The maximum absolute atomic E-state index is 14.2. The number of fused-ring (bicyclic) bond motifs is 3. The highest BCUT2D eigenvalue weighted by atomic mass is 19.4. The molecule has 1 saturated carbocycles. The molecule has 3 fully saturated rings. The minimum absolute atomic E-state index is 0.0531. The van der Waals surface area contributed by atoms with Crippen molar-refractivity contribution < 1.29 is 36.6 Å². The highest BCUT2D eigenvalue weighted by Gasteiger charge is 2.42. The monoisotopic (exact) mass is 539 g/mol. The molecule has 9 heteroatoms. The second-order valence-corrected chi connectivity index (χ2v) is 11.5. The zero-order valence-electron chi connectivity index (χ0n) is 21.4. The van der Waals surface area contributed by atoms with Gasteiger partial charge in [-0.3, -0.25) is 9.69 Å². The average Bonchev–Trinajstić information content (AvgIpc) is 2.82. The van der Waals surface area contributed by atoms with Gasteiger partial charge in [-0.05, 0) is 86.8 Å². The van der Waals surface area contributed by atoms with Crippen LogP contribution < -0.4 is 4.74 Å². The standard InChI is InChI=1S/C29H34F5NO3/c1-28(30,31)20-7-9-23(10-8-20)38-25-12-6-18-13-17(5-11-24(18)26(25)29(32,33)34)16-35-21-3-2-4-22(35)15-19(14-21)27(36)37/h5-6,11-13,19-23H,2-4,7-10,14-16H2,1H3,(H,36,37)/t19?,20-,21?,22?,23+. The molecule has 4 nitrogen and oxygen atoms in total. The number of halogens is 5. The van der Waals surface area contributed by atoms with E-state index >= 15 is 0 Å². The fourth-order valence-electron chi connectivity index (χ4n) is 6.86. The maximum atomic E-state index is 14.2. The molecular weight excluding hydrogens is 505 g/mol. The summed E-state index contributed by atoms with van der Waals surface area (Å²) in [5.74, 6) is -4.91. The number of carboxylic acids is 1. The zero-order chi connectivity index (χ0) is 27.2. The van der Waals surface area contributed by atoms with E-state index in [0.29, 0.717) is 37.6 Å². The van der Waals surface area contributed by atoms with Crippen LogP contribution in [0, 0.1) is 11.8 Å². The van der Waals surface area contributed by atoms with Gasteiger partial charge >= 0.3 is 12.1 Å².